The van der Waals surface area contributed by atoms with E-state index >= 15 is 0 Å². The molecule has 140 valence electrons. The van der Waals surface area contributed by atoms with E-state index in [1.807, 2.05) is 6.92 Å². The van der Waals surface area contributed by atoms with Gasteiger partial charge >= 0.3 is 0 Å². The molecule has 2 atom stereocenters. The summed E-state index contributed by atoms with van der Waals surface area (Å²) in [5.74, 6) is -2.33. The van der Waals surface area contributed by atoms with Crippen LogP contribution < -0.4 is 0 Å². The number of hydrogen-bond donors (Lipinski definition) is 0. The second kappa shape index (κ2) is 8.23. The van der Waals surface area contributed by atoms with E-state index in [9.17, 15) is 13.2 Å². The number of halogens is 3. The van der Waals surface area contributed by atoms with Gasteiger partial charge in [-0.05, 0) is 43.4 Å². The summed E-state index contributed by atoms with van der Waals surface area (Å²) in [6.45, 7) is 4.67. The van der Waals surface area contributed by atoms with Crippen LogP contribution in [-0.2, 0) is 9.47 Å². The molecule has 2 unspecified atom stereocenters. The van der Waals surface area contributed by atoms with Gasteiger partial charge in [0.05, 0.1) is 18.8 Å². The summed E-state index contributed by atoms with van der Waals surface area (Å²) in [6.07, 6.45) is 2.14. The highest BCUT2D eigenvalue weighted by Gasteiger charge is 2.26. The van der Waals surface area contributed by atoms with Gasteiger partial charge in [-0.25, -0.2) is 13.2 Å². The van der Waals surface area contributed by atoms with Gasteiger partial charge in [0.2, 0.25) is 0 Å². The van der Waals surface area contributed by atoms with Crippen molar-refractivity contribution >= 4 is 0 Å². The minimum Gasteiger partial charge on any atom is -0.376 e. The van der Waals surface area contributed by atoms with Gasteiger partial charge in [-0.15, -0.1) is 0 Å². The molecule has 1 fully saturated rings. The van der Waals surface area contributed by atoms with Gasteiger partial charge in [0.1, 0.15) is 5.82 Å². The highest BCUT2D eigenvalue weighted by molar-refractivity contribution is 5.65. The summed E-state index contributed by atoms with van der Waals surface area (Å²) in [6, 6.07) is 7.40. The van der Waals surface area contributed by atoms with Crippen LogP contribution in [0.2, 0.25) is 0 Å². The standard InChI is InChI=1S/C21H23F3O2/c1-3-10-25-15-6-9-19(26-12-15)17-8-5-14(11-18(17)22)16-7-4-13(2)20(23)21(16)24/h4-5,7-8,11,15,19H,3,6,9-10,12H2,1-2H3. The molecule has 1 aliphatic rings. The lowest BCUT2D eigenvalue weighted by atomic mass is 9.96. The number of aryl methyl sites for hydroxylation is 1. The molecule has 3 rings (SSSR count). The number of ether oxygens (including phenoxy) is 2. The average molecular weight is 364 g/mol. The van der Waals surface area contributed by atoms with Gasteiger partial charge in [-0.3, -0.25) is 0 Å². The molecule has 1 saturated heterocycles. The number of benzene rings is 2. The Morgan fingerprint density at radius 2 is 1.88 bits per heavy atom. The van der Waals surface area contributed by atoms with Crippen molar-refractivity contribution in [2.24, 2.45) is 0 Å². The zero-order chi connectivity index (χ0) is 18.7. The molecule has 1 aliphatic heterocycles. The molecule has 0 amide bonds. The molecule has 0 aromatic heterocycles. The van der Waals surface area contributed by atoms with E-state index < -0.39 is 17.5 Å². The largest absolute Gasteiger partial charge is 0.376 e. The van der Waals surface area contributed by atoms with Gasteiger partial charge in [0.15, 0.2) is 11.6 Å². The van der Waals surface area contributed by atoms with Crippen LogP contribution in [0.15, 0.2) is 30.3 Å². The van der Waals surface area contributed by atoms with E-state index in [-0.39, 0.29) is 23.3 Å². The molecule has 0 radical (unpaired) electrons. The van der Waals surface area contributed by atoms with Gasteiger partial charge < -0.3 is 9.47 Å². The molecule has 2 nitrogen and oxygen atoms in total. The second-order valence-electron chi connectivity index (χ2n) is 6.69. The fraction of sp³-hybridized carbons (Fsp3) is 0.429. The molecule has 26 heavy (non-hydrogen) atoms. The molecule has 2 aromatic carbocycles. The topological polar surface area (TPSA) is 18.5 Å². The first-order valence-corrected chi connectivity index (χ1v) is 8.98. The van der Waals surface area contributed by atoms with Crippen molar-refractivity contribution < 1.29 is 22.6 Å². The van der Waals surface area contributed by atoms with Crippen LogP contribution in [0, 0.1) is 24.4 Å². The van der Waals surface area contributed by atoms with Crippen LogP contribution in [0.3, 0.4) is 0 Å². The third-order valence-corrected chi connectivity index (χ3v) is 4.73. The van der Waals surface area contributed by atoms with Crippen molar-refractivity contribution in [3.05, 3.63) is 58.9 Å². The zero-order valence-corrected chi connectivity index (χ0v) is 15.0. The molecule has 5 heteroatoms. The fourth-order valence-corrected chi connectivity index (χ4v) is 3.21. The first-order chi connectivity index (χ1) is 12.5. The third kappa shape index (κ3) is 3.94. The Labute approximate surface area is 151 Å². The molecular weight excluding hydrogens is 341 g/mol. The molecule has 0 saturated carbocycles. The highest BCUT2D eigenvalue weighted by Crippen LogP contribution is 2.34. The lowest BCUT2D eigenvalue weighted by Gasteiger charge is -2.29. The molecule has 0 aliphatic carbocycles. The van der Waals surface area contributed by atoms with Crippen LogP contribution in [0.25, 0.3) is 11.1 Å². The van der Waals surface area contributed by atoms with E-state index in [1.54, 1.807) is 12.1 Å². The lowest BCUT2D eigenvalue weighted by Crippen LogP contribution is -2.28. The van der Waals surface area contributed by atoms with Crippen LogP contribution in [0.4, 0.5) is 13.2 Å². The molecule has 0 N–H and O–H groups in total. The minimum atomic E-state index is -0.956. The predicted octanol–water partition coefficient (Wildman–Crippen LogP) is 5.73. The number of rotatable bonds is 5. The average Bonchev–Trinajstić information content (AvgIpc) is 2.65. The summed E-state index contributed by atoms with van der Waals surface area (Å²) in [7, 11) is 0. The van der Waals surface area contributed by atoms with Crippen molar-refractivity contribution in [1.82, 2.24) is 0 Å². The van der Waals surface area contributed by atoms with Gasteiger partial charge in [-0.1, -0.05) is 31.2 Å². The second-order valence-corrected chi connectivity index (χ2v) is 6.69. The van der Waals surface area contributed by atoms with Gasteiger partial charge in [-0.2, -0.15) is 0 Å². The molecule has 1 heterocycles. The fourth-order valence-electron chi connectivity index (χ4n) is 3.21. The summed E-state index contributed by atoms with van der Waals surface area (Å²) >= 11 is 0. The Morgan fingerprint density at radius 1 is 1.08 bits per heavy atom. The van der Waals surface area contributed by atoms with Crippen molar-refractivity contribution in [2.75, 3.05) is 13.2 Å². The molecular formula is C21H23F3O2. The summed E-state index contributed by atoms with van der Waals surface area (Å²) in [4.78, 5) is 0. The zero-order valence-electron chi connectivity index (χ0n) is 15.0. The number of hydrogen-bond acceptors (Lipinski definition) is 2. The normalized spacial score (nSPS) is 20.3. The first-order valence-electron chi connectivity index (χ1n) is 8.98. The molecule has 0 spiro atoms. The monoisotopic (exact) mass is 364 g/mol. The van der Waals surface area contributed by atoms with Crippen LogP contribution in [0.5, 0.6) is 0 Å². The maximum Gasteiger partial charge on any atom is 0.166 e. The van der Waals surface area contributed by atoms with E-state index in [0.29, 0.717) is 30.8 Å². The lowest BCUT2D eigenvalue weighted by molar-refractivity contribution is -0.0874. The Bertz CT molecular complexity index is 768. The first kappa shape index (κ1) is 18.9. The Kier molecular flexibility index (Phi) is 5.99. The smallest absolute Gasteiger partial charge is 0.166 e. The van der Waals surface area contributed by atoms with Crippen molar-refractivity contribution in [3.63, 3.8) is 0 Å². The summed E-state index contributed by atoms with van der Waals surface area (Å²) in [5.41, 5.74) is 1.02. The minimum absolute atomic E-state index is 0.0520. The summed E-state index contributed by atoms with van der Waals surface area (Å²) < 4.78 is 53.9. The predicted molar refractivity (Wildman–Crippen MR) is 94.4 cm³/mol. The highest BCUT2D eigenvalue weighted by atomic mass is 19.2. The van der Waals surface area contributed by atoms with E-state index in [1.165, 1.54) is 25.1 Å². The van der Waals surface area contributed by atoms with Crippen LogP contribution >= 0.6 is 0 Å². The molecule has 0 bridgehead atoms. The van der Waals surface area contributed by atoms with Crippen molar-refractivity contribution in [1.29, 1.82) is 0 Å². The van der Waals surface area contributed by atoms with Gasteiger partial charge in [0.25, 0.3) is 0 Å². The van der Waals surface area contributed by atoms with Crippen molar-refractivity contribution in [2.45, 2.75) is 45.3 Å². The quantitative estimate of drug-likeness (QED) is 0.675. The maximum atomic E-state index is 14.6. The van der Waals surface area contributed by atoms with E-state index in [0.717, 1.165) is 12.8 Å². The van der Waals surface area contributed by atoms with Gasteiger partial charge in [0, 0.05) is 17.7 Å². The van der Waals surface area contributed by atoms with Crippen LogP contribution in [0.1, 0.15) is 43.4 Å². The summed E-state index contributed by atoms with van der Waals surface area (Å²) in [5, 5.41) is 0. The SMILES string of the molecule is CCCOC1CCC(c2ccc(-c3ccc(C)c(F)c3F)cc2F)OC1. The molecule has 2 aromatic rings. The van der Waals surface area contributed by atoms with Crippen LogP contribution in [-0.4, -0.2) is 19.3 Å². The van der Waals surface area contributed by atoms with Crippen molar-refractivity contribution in [3.8, 4) is 11.1 Å². The Hall–Kier alpha value is -1.85. The van der Waals surface area contributed by atoms with E-state index in [4.69, 9.17) is 9.47 Å². The van der Waals surface area contributed by atoms with E-state index in [2.05, 4.69) is 0 Å². The third-order valence-electron chi connectivity index (χ3n) is 4.73. The maximum absolute atomic E-state index is 14.6. The Morgan fingerprint density at radius 3 is 2.54 bits per heavy atom. The Balaban J connectivity index is 1.76.